The first kappa shape index (κ1) is 14.5. The van der Waals surface area contributed by atoms with Crippen molar-refractivity contribution in [1.82, 2.24) is 5.32 Å². The van der Waals surface area contributed by atoms with Gasteiger partial charge in [0.1, 0.15) is 0 Å². The van der Waals surface area contributed by atoms with E-state index in [9.17, 15) is 4.79 Å². The molecule has 0 saturated carbocycles. The van der Waals surface area contributed by atoms with Crippen molar-refractivity contribution in [1.29, 1.82) is 0 Å². The zero-order valence-electron chi connectivity index (χ0n) is 9.58. The van der Waals surface area contributed by atoms with Crippen LogP contribution in [0.1, 0.15) is 5.56 Å². The van der Waals surface area contributed by atoms with Crippen LogP contribution in [0.25, 0.3) is 0 Å². The van der Waals surface area contributed by atoms with Crippen LogP contribution in [0.15, 0.2) is 24.3 Å². The molecule has 5 heteroatoms. The summed E-state index contributed by atoms with van der Waals surface area (Å²) < 4.78 is 5.00. The van der Waals surface area contributed by atoms with Gasteiger partial charge in [0.05, 0.1) is 19.1 Å². The van der Waals surface area contributed by atoms with Crippen molar-refractivity contribution in [2.45, 2.75) is 12.5 Å². The molecule has 0 spiro atoms. The molecule has 17 heavy (non-hydrogen) atoms. The van der Waals surface area contributed by atoms with E-state index in [1.165, 1.54) is 0 Å². The number of methoxy groups -OCH3 is 1. The van der Waals surface area contributed by atoms with Gasteiger partial charge in [-0.1, -0.05) is 39.7 Å². The molecule has 0 radical (unpaired) electrons. The van der Waals surface area contributed by atoms with Crippen LogP contribution in [0.2, 0.25) is 5.02 Å². The molecule has 1 aromatic carbocycles. The van der Waals surface area contributed by atoms with Crippen LogP contribution >= 0.6 is 27.5 Å². The quantitative estimate of drug-likeness (QED) is 0.818. The Balaban J connectivity index is 2.46. The molecule has 0 aliphatic rings. The number of ether oxygens (including phenoxy) is 1. The fourth-order valence-electron chi connectivity index (χ4n) is 1.39. The Morgan fingerprint density at radius 2 is 2.12 bits per heavy atom. The van der Waals surface area contributed by atoms with Gasteiger partial charge in [-0.25, -0.2) is 0 Å². The highest BCUT2D eigenvalue weighted by molar-refractivity contribution is 9.09. The summed E-state index contributed by atoms with van der Waals surface area (Å²) in [6, 6.07) is 7.26. The highest BCUT2D eigenvalue weighted by Crippen LogP contribution is 2.09. The number of carbonyl (C=O) groups excluding carboxylic acids is 1. The van der Waals surface area contributed by atoms with E-state index >= 15 is 0 Å². The molecule has 94 valence electrons. The van der Waals surface area contributed by atoms with Crippen molar-refractivity contribution in [3.63, 3.8) is 0 Å². The van der Waals surface area contributed by atoms with E-state index in [0.29, 0.717) is 23.4 Å². The van der Waals surface area contributed by atoms with Gasteiger partial charge in [0, 0.05) is 17.5 Å². The molecule has 1 rings (SSSR count). The summed E-state index contributed by atoms with van der Waals surface area (Å²) in [6.07, 6.45) is 0.352. The zero-order chi connectivity index (χ0) is 12.7. The largest absolute Gasteiger partial charge is 0.383 e. The van der Waals surface area contributed by atoms with Gasteiger partial charge in [0.2, 0.25) is 5.91 Å². The predicted molar refractivity (Wildman–Crippen MR) is 72.8 cm³/mol. The first-order valence-corrected chi connectivity index (χ1v) is 6.74. The van der Waals surface area contributed by atoms with Gasteiger partial charge in [-0.3, -0.25) is 4.79 Å². The number of hydrogen-bond donors (Lipinski definition) is 1. The van der Waals surface area contributed by atoms with Gasteiger partial charge >= 0.3 is 0 Å². The Morgan fingerprint density at radius 1 is 1.47 bits per heavy atom. The fraction of sp³-hybridized carbons (Fsp3) is 0.417. The van der Waals surface area contributed by atoms with Gasteiger partial charge in [0.15, 0.2) is 0 Å². The number of rotatable bonds is 6. The standard InChI is InChI=1S/C12H15BrClNO2/c1-17-8-11(7-13)15-12(16)6-9-2-4-10(14)5-3-9/h2-5,11H,6-8H2,1H3,(H,15,16). The Labute approximate surface area is 115 Å². The zero-order valence-corrected chi connectivity index (χ0v) is 11.9. The number of nitrogens with one attached hydrogen (secondary N) is 1. The van der Waals surface area contributed by atoms with E-state index in [-0.39, 0.29) is 11.9 Å². The highest BCUT2D eigenvalue weighted by Gasteiger charge is 2.10. The Kier molecular flexibility index (Phi) is 6.55. The second-order valence-electron chi connectivity index (χ2n) is 3.68. The molecule has 1 amide bonds. The van der Waals surface area contributed by atoms with E-state index < -0.39 is 0 Å². The molecule has 0 aliphatic heterocycles. The van der Waals surface area contributed by atoms with E-state index in [4.69, 9.17) is 16.3 Å². The maximum atomic E-state index is 11.7. The minimum Gasteiger partial charge on any atom is -0.383 e. The number of carbonyl (C=O) groups is 1. The van der Waals surface area contributed by atoms with Gasteiger partial charge in [-0.15, -0.1) is 0 Å². The van der Waals surface area contributed by atoms with Crippen molar-refractivity contribution < 1.29 is 9.53 Å². The lowest BCUT2D eigenvalue weighted by Gasteiger charge is -2.15. The third kappa shape index (κ3) is 5.52. The molecule has 1 N–H and O–H groups in total. The van der Waals surface area contributed by atoms with Crippen LogP contribution in [0.3, 0.4) is 0 Å². The lowest BCUT2D eigenvalue weighted by Crippen LogP contribution is -2.40. The van der Waals surface area contributed by atoms with E-state index in [1.54, 1.807) is 19.2 Å². The summed E-state index contributed by atoms with van der Waals surface area (Å²) in [7, 11) is 1.61. The van der Waals surface area contributed by atoms with Crippen molar-refractivity contribution >= 4 is 33.4 Å². The number of benzene rings is 1. The van der Waals surface area contributed by atoms with Crippen LogP contribution in [-0.4, -0.2) is 31.0 Å². The first-order chi connectivity index (χ1) is 8.15. The highest BCUT2D eigenvalue weighted by atomic mass is 79.9. The molecule has 1 atom stereocenters. The summed E-state index contributed by atoms with van der Waals surface area (Å²) >= 11 is 9.10. The van der Waals surface area contributed by atoms with E-state index in [0.717, 1.165) is 5.56 Å². The van der Waals surface area contributed by atoms with Crippen LogP contribution in [0.5, 0.6) is 0 Å². The van der Waals surface area contributed by atoms with Gasteiger partial charge in [-0.05, 0) is 17.7 Å². The summed E-state index contributed by atoms with van der Waals surface area (Å²) in [4.78, 5) is 11.7. The minimum atomic E-state index is -0.0196. The van der Waals surface area contributed by atoms with Gasteiger partial charge in [0.25, 0.3) is 0 Å². The second kappa shape index (κ2) is 7.69. The molecule has 0 heterocycles. The molecular weight excluding hydrogens is 305 g/mol. The van der Waals surface area contributed by atoms with E-state index in [1.807, 2.05) is 12.1 Å². The maximum Gasteiger partial charge on any atom is 0.224 e. The lowest BCUT2D eigenvalue weighted by atomic mass is 10.1. The van der Waals surface area contributed by atoms with Crippen LogP contribution in [-0.2, 0) is 16.0 Å². The normalized spacial score (nSPS) is 12.2. The number of amides is 1. The number of halogens is 2. The molecular formula is C12H15BrClNO2. The number of alkyl halides is 1. The van der Waals surface area contributed by atoms with E-state index in [2.05, 4.69) is 21.2 Å². The average Bonchev–Trinajstić information content (AvgIpc) is 2.31. The molecule has 1 aromatic rings. The predicted octanol–water partition coefficient (Wildman–Crippen LogP) is 2.41. The molecule has 0 aromatic heterocycles. The monoisotopic (exact) mass is 319 g/mol. The average molecular weight is 321 g/mol. The number of hydrogen-bond acceptors (Lipinski definition) is 2. The topological polar surface area (TPSA) is 38.3 Å². The Hall–Kier alpha value is -0.580. The third-order valence-electron chi connectivity index (χ3n) is 2.20. The lowest BCUT2D eigenvalue weighted by molar-refractivity contribution is -0.121. The molecule has 0 aliphatic carbocycles. The summed E-state index contributed by atoms with van der Waals surface area (Å²) in [6.45, 7) is 0.498. The van der Waals surface area contributed by atoms with Crippen LogP contribution in [0, 0.1) is 0 Å². The first-order valence-electron chi connectivity index (χ1n) is 5.24. The Morgan fingerprint density at radius 3 is 2.65 bits per heavy atom. The SMILES string of the molecule is COCC(CBr)NC(=O)Cc1ccc(Cl)cc1. The third-order valence-corrected chi connectivity index (χ3v) is 3.23. The van der Waals surface area contributed by atoms with Crippen molar-refractivity contribution in [3.8, 4) is 0 Å². The molecule has 0 bridgehead atoms. The summed E-state index contributed by atoms with van der Waals surface area (Å²) in [5.41, 5.74) is 0.942. The van der Waals surface area contributed by atoms with Crippen molar-refractivity contribution in [2.24, 2.45) is 0 Å². The maximum absolute atomic E-state index is 11.7. The molecule has 0 saturated heterocycles. The molecule has 1 unspecified atom stereocenters. The van der Waals surface area contributed by atoms with Crippen LogP contribution in [0.4, 0.5) is 0 Å². The second-order valence-corrected chi connectivity index (χ2v) is 4.76. The molecule has 3 nitrogen and oxygen atoms in total. The van der Waals surface area contributed by atoms with Crippen molar-refractivity contribution in [3.05, 3.63) is 34.9 Å². The smallest absolute Gasteiger partial charge is 0.224 e. The molecule has 0 fully saturated rings. The summed E-state index contributed by atoms with van der Waals surface area (Å²) in [5, 5.41) is 4.23. The Bertz CT molecular complexity index is 356. The van der Waals surface area contributed by atoms with Gasteiger partial charge < -0.3 is 10.1 Å². The van der Waals surface area contributed by atoms with Gasteiger partial charge in [-0.2, -0.15) is 0 Å². The summed E-state index contributed by atoms with van der Waals surface area (Å²) in [5.74, 6) is -0.0196. The van der Waals surface area contributed by atoms with Crippen molar-refractivity contribution in [2.75, 3.05) is 19.0 Å². The minimum absolute atomic E-state index is 0.000185. The van der Waals surface area contributed by atoms with Crippen LogP contribution < -0.4 is 5.32 Å². The fourth-order valence-corrected chi connectivity index (χ4v) is 1.87.